The number of aryl methyl sites for hydroxylation is 1. The van der Waals surface area contributed by atoms with Crippen molar-refractivity contribution in [2.24, 2.45) is 0 Å². The zero-order valence-corrected chi connectivity index (χ0v) is 14.6. The minimum absolute atomic E-state index is 0.988. The standard InChI is InChI=1S/C25H17N/c1-15-10-11-26-25-21(15)12-16-13-23-19-8-4-2-6-17(19)18-7-3-5-9-20(18)24(23)14-22(16)25/h2-11,13-14H,12H2,1H3. The van der Waals surface area contributed by atoms with E-state index in [1.807, 2.05) is 6.20 Å². The fourth-order valence-electron chi connectivity index (χ4n) is 4.60. The van der Waals surface area contributed by atoms with E-state index in [0.717, 1.165) is 6.42 Å². The highest BCUT2D eigenvalue weighted by Crippen LogP contribution is 2.42. The number of rotatable bonds is 0. The highest BCUT2D eigenvalue weighted by Gasteiger charge is 2.22. The Morgan fingerprint density at radius 3 is 1.92 bits per heavy atom. The summed E-state index contributed by atoms with van der Waals surface area (Å²) in [6, 6.07) is 24.4. The third kappa shape index (κ3) is 1.72. The Morgan fingerprint density at radius 2 is 1.27 bits per heavy atom. The first-order valence-corrected chi connectivity index (χ1v) is 9.12. The van der Waals surface area contributed by atoms with E-state index in [0.29, 0.717) is 0 Å². The van der Waals surface area contributed by atoms with E-state index in [4.69, 9.17) is 4.98 Å². The first-order valence-electron chi connectivity index (χ1n) is 9.12. The van der Waals surface area contributed by atoms with Crippen molar-refractivity contribution in [2.75, 3.05) is 0 Å². The lowest BCUT2D eigenvalue weighted by Gasteiger charge is -2.12. The zero-order chi connectivity index (χ0) is 17.3. The maximum atomic E-state index is 4.71. The minimum atomic E-state index is 0.988. The van der Waals surface area contributed by atoms with Crippen LogP contribution in [0.1, 0.15) is 16.7 Å². The first-order chi connectivity index (χ1) is 12.8. The van der Waals surface area contributed by atoms with Gasteiger partial charge in [-0.25, -0.2) is 0 Å². The van der Waals surface area contributed by atoms with Crippen molar-refractivity contribution in [1.29, 1.82) is 0 Å². The molecule has 0 unspecified atom stereocenters. The van der Waals surface area contributed by atoms with Crippen molar-refractivity contribution in [3.63, 3.8) is 0 Å². The monoisotopic (exact) mass is 331 g/mol. The molecule has 1 nitrogen and oxygen atoms in total. The van der Waals surface area contributed by atoms with Crippen LogP contribution in [-0.4, -0.2) is 4.98 Å². The SMILES string of the molecule is Cc1ccnc2c1Cc1cc3c4ccccc4c4ccccc4c3cc1-2. The largest absolute Gasteiger partial charge is 0.256 e. The molecule has 0 bridgehead atoms. The Hall–Kier alpha value is -3.19. The lowest BCUT2D eigenvalue weighted by Crippen LogP contribution is -1.87. The van der Waals surface area contributed by atoms with Crippen LogP contribution >= 0.6 is 0 Å². The molecule has 0 saturated carbocycles. The summed E-state index contributed by atoms with van der Waals surface area (Å²) in [4.78, 5) is 4.71. The average molecular weight is 331 g/mol. The van der Waals surface area contributed by atoms with Gasteiger partial charge in [0.15, 0.2) is 0 Å². The van der Waals surface area contributed by atoms with Crippen molar-refractivity contribution in [3.05, 3.63) is 89.6 Å². The molecule has 0 amide bonds. The highest BCUT2D eigenvalue weighted by atomic mass is 14.7. The normalized spacial score (nSPS) is 12.7. The molecule has 1 aliphatic carbocycles. The van der Waals surface area contributed by atoms with Crippen molar-refractivity contribution in [1.82, 2.24) is 4.98 Å². The Balaban J connectivity index is 1.83. The van der Waals surface area contributed by atoms with E-state index >= 15 is 0 Å². The van der Waals surface area contributed by atoms with Gasteiger partial charge < -0.3 is 0 Å². The predicted octanol–water partition coefficient (Wildman–Crippen LogP) is 6.42. The summed E-state index contributed by atoms with van der Waals surface area (Å²) in [6.07, 6.45) is 2.92. The molecule has 122 valence electrons. The number of aromatic nitrogens is 1. The molecular formula is C25H17N. The van der Waals surface area contributed by atoms with Crippen molar-refractivity contribution in [2.45, 2.75) is 13.3 Å². The number of hydrogen-bond acceptors (Lipinski definition) is 1. The number of benzene rings is 4. The molecule has 1 heterocycles. The van der Waals surface area contributed by atoms with Crippen LogP contribution in [0.4, 0.5) is 0 Å². The van der Waals surface area contributed by atoms with E-state index in [-0.39, 0.29) is 0 Å². The quantitative estimate of drug-likeness (QED) is 0.293. The molecule has 4 aromatic carbocycles. The number of nitrogens with zero attached hydrogens (tertiary/aromatic N) is 1. The summed E-state index contributed by atoms with van der Waals surface area (Å²) < 4.78 is 0. The smallest absolute Gasteiger partial charge is 0.0743 e. The molecule has 1 aromatic heterocycles. The summed E-state index contributed by atoms with van der Waals surface area (Å²) in [5.74, 6) is 0. The van der Waals surface area contributed by atoms with Gasteiger partial charge in [-0.2, -0.15) is 0 Å². The van der Waals surface area contributed by atoms with Crippen LogP contribution in [-0.2, 0) is 6.42 Å². The molecule has 0 aliphatic heterocycles. The van der Waals surface area contributed by atoms with E-state index in [1.165, 1.54) is 60.3 Å². The molecule has 1 heteroatoms. The second kappa shape index (κ2) is 4.92. The molecule has 0 N–H and O–H groups in total. The highest BCUT2D eigenvalue weighted by molar-refractivity contribution is 6.26. The average Bonchev–Trinajstić information content (AvgIpc) is 3.06. The lowest BCUT2D eigenvalue weighted by atomic mass is 9.92. The topological polar surface area (TPSA) is 12.9 Å². The number of pyridine rings is 1. The third-order valence-corrected chi connectivity index (χ3v) is 5.88. The van der Waals surface area contributed by atoms with Gasteiger partial charge in [0.05, 0.1) is 5.69 Å². The molecule has 0 atom stereocenters. The van der Waals surface area contributed by atoms with Gasteiger partial charge in [-0.1, -0.05) is 48.5 Å². The summed E-state index contributed by atoms with van der Waals surface area (Å²) in [7, 11) is 0. The molecule has 0 saturated heterocycles. The Bertz CT molecular complexity index is 1360. The first kappa shape index (κ1) is 14.0. The lowest BCUT2D eigenvalue weighted by molar-refractivity contribution is 1.18. The number of hydrogen-bond donors (Lipinski definition) is 0. The molecular weight excluding hydrogens is 314 g/mol. The van der Waals surface area contributed by atoms with Crippen molar-refractivity contribution < 1.29 is 0 Å². The van der Waals surface area contributed by atoms with Gasteiger partial charge in [-0.05, 0) is 74.1 Å². The van der Waals surface area contributed by atoms with Gasteiger partial charge in [0, 0.05) is 18.2 Å². The molecule has 5 aromatic rings. The van der Waals surface area contributed by atoms with Crippen LogP contribution in [0.5, 0.6) is 0 Å². The third-order valence-electron chi connectivity index (χ3n) is 5.88. The van der Waals surface area contributed by atoms with Gasteiger partial charge >= 0.3 is 0 Å². The zero-order valence-electron chi connectivity index (χ0n) is 14.6. The predicted molar refractivity (Wildman–Crippen MR) is 110 cm³/mol. The van der Waals surface area contributed by atoms with Crippen molar-refractivity contribution >= 4 is 32.3 Å². The van der Waals surface area contributed by atoms with Crippen LogP contribution < -0.4 is 0 Å². The summed E-state index contributed by atoms with van der Waals surface area (Å²) in [5, 5.41) is 8.00. The molecule has 0 spiro atoms. The maximum Gasteiger partial charge on any atom is 0.0743 e. The van der Waals surface area contributed by atoms with Crippen LogP contribution in [0, 0.1) is 6.92 Å². The summed E-state index contributed by atoms with van der Waals surface area (Å²) in [5.41, 5.74) is 6.59. The molecule has 0 radical (unpaired) electrons. The second-order valence-electron chi connectivity index (χ2n) is 7.28. The molecule has 0 fully saturated rings. The minimum Gasteiger partial charge on any atom is -0.256 e. The summed E-state index contributed by atoms with van der Waals surface area (Å²) >= 11 is 0. The van der Waals surface area contributed by atoms with Gasteiger partial charge in [0.25, 0.3) is 0 Å². The Labute approximate surface area is 151 Å². The van der Waals surface area contributed by atoms with Gasteiger partial charge in [0.1, 0.15) is 0 Å². The molecule has 1 aliphatic rings. The van der Waals surface area contributed by atoms with Crippen LogP contribution in [0.2, 0.25) is 0 Å². The van der Waals surface area contributed by atoms with Gasteiger partial charge in [0.2, 0.25) is 0 Å². The van der Waals surface area contributed by atoms with E-state index in [1.54, 1.807) is 0 Å². The van der Waals surface area contributed by atoms with E-state index < -0.39 is 0 Å². The fraction of sp³-hybridized carbons (Fsp3) is 0.0800. The second-order valence-corrected chi connectivity index (χ2v) is 7.28. The maximum absolute atomic E-state index is 4.71. The van der Waals surface area contributed by atoms with Crippen LogP contribution in [0.15, 0.2) is 72.9 Å². The van der Waals surface area contributed by atoms with Gasteiger partial charge in [-0.15, -0.1) is 0 Å². The van der Waals surface area contributed by atoms with Gasteiger partial charge in [-0.3, -0.25) is 4.98 Å². The number of fused-ring (bicyclic) bond motifs is 9. The van der Waals surface area contributed by atoms with Crippen LogP contribution in [0.3, 0.4) is 0 Å². The summed E-state index contributed by atoms with van der Waals surface area (Å²) in [6.45, 7) is 2.19. The van der Waals surface area contributed by atoms with Crippen molar-refractivity contribution in [3.8, 4) is 11.3 Å². The Morgan fingerprint density at radius 1 is 0.692 bits per heavy atom. The molecule has 26 heavy (non-hydrogen) atoms. The van der Waals surface area contributed by atoms with E-state index in [2.05, 4.69) is 73.7 Å². The van der Waals surface area contributed by atoms with Crippen LogP contribution in [0.25, 0.3) is 43.6 Å². The Kier molecular flexibility index (Phi) is 2.66. The van der Waals surface area contributed by atoms with E-state index in [9.17, 15) is 0 Å². The fourth-order valence-corrected chi connectivity index (χ4v) is 4.60. The molecule has 6 rings (SSSR count).